The summed E-state index contributed by atoms with van der Waals surface area (Å²) in [5, 5.41) is 4.86. The van der Waals surface area contributed by atoms with E-state index >= 15 is 0 Å². The average Bonchev–Trinajstić information content (AvgIpc) is 3.11. The number of halogens is 1. The van der Waals surface area contributed by atoms with Crippen LogP contribution in [-0.4, -0.2) is 10.5 Å². The Morgan fingerprint density at radius 1 is 1.00 bits per heavy atom. The van der Waals surface area contributed by atoms with Gasteiger partial charge in [-0.05, 0) is 41.5 Å². The lowest BCUT2D eigenvalue weighted by Gasteiger charge is -2.14. The van der Waals surface area contributed by atoms with Gasteiger partial charge in [0.2, 0.25) is 5.91 Å². The minimum absolute atomic E-state index is 0.135. The molecule has 33 heavy (non-hydrogen) atoms. The Morgan fingerprint density at radius 2 is 1.85 bits per heavy atom. The molecule has 1 atom stereocenters. The molecule has 3 aromatic carbocycles. The Morgan fingerprint density at radius 3 is 2.70 bits per heavy atom. The molecule has 5 aromatic rings. The first-order valence-electron chi connectivity index (χ1n) is 10.7. The van der Waals surface area contributed by atoms with Crippen LogP contribution < -0.4 is 10.7 Å². The van der Waals surface area contributed by atoms with Crippen LogP contribution in [0.4, 0.5) is 5.69 Å². The number of anilines is 1. The lowest BCUT2D eigenvalue weighted by molar-refractivity contribution is -0.116. The highest BCUT2D eigenvalue weighted by Crippen LogP contribution is 2.40. The fourth-order valence-electron chi connectivity index (χ4n) is 4.80. The summed E-state index contributed by atoms with van der Waals surface area (Å²) in [4.78, 5) is 26.3. The van der Waals surface area contributed by atoms with Crippen LogP contribution in [-0.2, 0) is 11.3 Å². The Kier molecular flexibility index (Phi) is 4.59. The van der Waals surface area contributed by atoms with E-state index in [9.17, 15) is 9.59 Å². The van der Waals surface area contributed by atoms with Gasteiger partial charge in [-0.3, -0.25) is 9.59 Å². The van der Waals surface area contributed by atoms with Gasteiger partial charge in [-0.1, -0.05) is 48.0 Å². The van der Waals surface area contributed by atoms with E-state index in [1.807, 2.05) is 36.4 Å². The van der Waals surface area contributed by atoms with Crippen molar-refractivity contribution in [3.63, 3.8) is 0 Å². The highest BCUT2D eigenvalue weighted by Gasteiger charge is 2.30. The molecule has 0 saturated heterocycles. The van der Waals surface area contributed by atoms with Gasteiger partial charge < -0.3 is 14.3 Å². The van der Waals surface area contributed by atoms with E-state index < -0.39 is 5.92 Å². The van der Waals surface area contributed by atoms with Crippen molar-refractivity contribution < 1.29 is 9.21 Å². The van der Waals surface area contributed by atoms with Crippen molar-refractivity contribution in [3.05, 3.63) is 111 Å². The second-order valence-corrected chi connectivity index (χ2v) is 8.80. The third-order valence-electron chi connectivity index (χ3n) is 6.31. The number of rotatable bonds is 3. The maximum atomic E-state index is 13.5. The number of nitrogens with zero attached hydrogens (tertiary/aromatic N) is 1. The molecule has 0 unspecified atom stereocenters. The largest absolute Gasteiger partial charge is 0.464 e. The Balaban J connectivity index is 1.58. The van der Waals surface area contributed by atoms with Crippen molar-refractivity contribution in [2.75, 3.05) is 5.32 Å². The molecule has 2 aromatic heterocycles. The first kappa shape index (κ1) is 19.8. The van der Waals surface area contributed by atoms with Crippen molar-refractivity contribution in [1.82, 2.24) is 4.57 Å². The summed E-state index contributed by atoms with van der Waals surface area (Å²) >= 11 is 6.14. The number of amides is 1. The van der Waals surface area contributed by atoms with E-state index in [0.717, 1.165) is 22.2 Å². The number of fused-ring (bicyclic) bond motifs is 1. The third kappa shape index (κ3) is 3.33. The summed E-state index contributed by atoms with van der Waals surface area (Å²) in [5.41, 5.74) is 4.63. The molecule has 0 bridgehead atoms. The zero-order valence-corrected chi connectivity index (χ0v) is 18.3. The minimum Gasteiger partial charge on any atom is -0.464 e. The summed E-state index contributed by atoms with van der Waals surface area (Å²) in [7, 11) is 0. The van der Waals surface area contributed by atoms with Gasteiger partial charge in [0.15, 0.2) is 5.43 Å². The highest BCUT2D eigenvalue weighted by atomic mass is 35.5. The van der Waals surface area contributed by atoms with Crippen molar-refractivity contribution >= 4 is 45.1 Å². The molecule has 0 saturated carbocycles. The molecule has 1 amide bonds. The Hall–Kier alpha value is -3.83. The van der Waals surface area contributed by atoms with Crippen LogP contribution in [0.3, 0.4) is 0 Å². The van der Waals surface area contributed by atoms with Gasteiger partial charge in [-0.2, -0.15) is 0 Å². The number of aromatic nitrogens is 1. The molecule has 1 aliphatic heterocycles. The smallest absolute Gasteiger partial charge is 0.225 e. The van der Waals surface area contributed by atoms with Gasteiger partial charge in [-0.25, -0.2) is 0 Å². The standard InChI is InChI=1S/C27H19ClN2O3/c28-17-9-10-24-19(11-17)27(32)21(15-33-24)18-12-25(31)29-22-7-4-8-23-26(22)20(18)14-30(23)13-16-5-2-1-3-6-16/h1-11,14-15,18H,12-13H2,(H,29,31)/t18-/m1/s1. The van der Waals surface area contributed by atoms with E-state index in [1.165, 1.54) is 11.8 Å². The van der Waals surface area contributed by atoms with Crippen LogP contribution in [0.2, 0.25) is 5.02 Å². The molecule has 6 heteroatoms. The predicted octanol–water partition coefficient (Wildman–Crippen LogP) is 5.92. The summed E-state index contributed by atoms with van der Waals surface area (Å²) in [5.74, 6) is -0.572. The number of hydrogen-bond acceptors (Lipinski definition) is 3. The van der Waals surface area contributed by atoms with E-state index in [4.69, 9.17) is 16.0 Å². The van der Waals surface area contributed by atoms with Crippen LogP contribution >= 0.6 is 11.6 Å². The second-order valence-electron chi connectivity index (χ2n) is 8.36. The van der Waals surface area contributed by atoms with Crippen LogP contribution in [0.25, 0.3) is 21.9 Å². The first-order valence-corrected chi connectivity index (χ1v) is 11.1. The van der Waals surface area contributed by atoms with Crippen molar-refractivity contribution in [2.24, 2.45) is 0 Å². The van der Waals surface area contributed by atoms with Gasteiger partial charge in [0.05, 0.1) is 22.9 Å². The number of hydrogen-bond donors (Lipinski definition) is 1. The number of benzene rings is 3. The molecule has 1 aliphatic rings. The molecule has 0 aliphatic carbocycles. The molecule has 6 rings (SSSR count). The van der Waals surface area contributed by atoms with Gasteiger partial charge in [0, 0.05) is 41.1 Å². The fraction of sp³-hybridized carbons (Fsp3) is 0.111. The van der Waals surface area contributed by atoms with Gasteiger partial charge >= 0.3 is 0 Å². The molecular weight excluding hydrogens is 436 g/mol. The Bertz CT molecular complexity index is 1600. The van der Waals surface area contributed by atoms with Crippen LogP contribution in [0.5, 0.6) is 0 Å². The molecule has 162 valence electrons. The van der Waals surface area contributed by atoms with Crippen molar-refractivity contribution in [1.29, 1.82) is 0 Å². The normalized spacial score (nSPS) is 15.5. The SMILES string of the molecule is O=C1C[C@@H](c2coc3ccc(Cl)cc3c2=O)c2cn(Cc3ccccc3)c3cccc(c23)N1. The maximum Gasteiger partial charge on any atom is 0.225 e. The molecule has 5 nitrogen and oxygen atoms in total. The lowest BCUT2D eigenvalue weighted by atomic mass is 9.89. The van der Waals surface area contributed by atoms with Gasteiger partial charge in [-0.15, -0.1) is 0 Å². The monoisotopic (exact) mass is 454 g/mol. The molecule has 3 heterocycles. The lowest BCUT2D eigenvalue weighted by Crippen LogP contribution is -2.19. The van der Waals surface area contributed by atoms with Gasteiger partial charge in [0.1, 0.15) is 5.58 Å². The number of carbonyl (C=O) groups excluding carboxylic acids is 1. The van der Waals surface area contributed by atoms with Gasteiger partial charge in [0.25, 0.3) is 0 Å². The summed E-state index contributed by atoms with van der Waals surface area (Å²) < 4.78 is 7.97. The quantitative estimate of drug-likeness (QED) is 0.368. The number of nitrogens with one attached hydrogen (secondary N) is 1. The average molecular weight is 455 g/mol. The molecule has 0 spiro atoms. The molecular formula is C27H19ClN2O3. The first-order chi connectivity index (χ1) is 16.1. The second kappa shape index (κ2) is 7.64. The van der Waals surface area contributed by atoms with Crippen LogP contribution in [0.1, 0.15) is 29.0 Å². The topological polar surface area (TPSA) is 64.2 Å². The van der Waals surface area contributed by atoms with Crippen molar-refractivity contribution in [2.45, 2.75) is 18.9 Å². The summed E-state index contributed by atoms with van der Waals surface area (Å²) in [6.07, 6.45) is 3.70. The van der Waals surface area contributed by atoms with Crippen LogP contribution in [0, 0.1) is 0 Å². The zero-order chi connectivity index (χ0) is 22.5. The van der Waals surface area contributed by atoms with E-state index in [0.29, 0.717) is 28.1 Å². The van der Waals surface area contributed by atoms with E-state index in [1.54, 1.807) is 18.2 Å². The third-order valence-corrected chi connectivity index (χ3v) is 6.54. The van der Waals surface area contributed by atoms with E-state index in [-0.39, 0.29) is 17.8 Å². The number of carbonyl (C=O) groups is 1. The molecule has 0 radical (unpaired) electrons. The summed E-state index contributed by atoms with van der Waals surface area (Å²) in [6, 6.07) is 21.1. The van der Waals surface area contributed by atoms with Crippen LogP contribution in [0.15, 0.2) is 88.4 Å². The fourth-order valence-corrected chi connectivity index (χ4v) is 4.97. The maximum absolute atomic E-state index is 13.5. The predicted molar refractivity (Wildman–Crippen MR) is 130 cm³/mol. The highest BCUT2D eigenvalue weighted by molar-refractivity contribution is 6.31. The Labute approximate surface area is 194 Å². The van der Waals surface area contributed by atoms with Crippen molar-refractivity contribution in [3.8, 4) is 0 Å². The molecule has 1 N–H and O–H groups in total. The van der Waals surface area contributed by atoms with E-state index in [2.05, 4.69) is 28.2 Å². The zero-order valence-electron chi connectivity index (χ0n) is 17.5. The minimum atomic E-state index is -0.437. The summed E-state index contributed by atoms with van der Waals surface area (Å²) in [6.45, 7) is 0.684. The molecule has 0 fully saturated rings.